The van der Waals surface area contributed by atoms with Crippen LogP contribution in [0.4, 0.5) is 0 Å². The van der Waals surface area contributed by atoms with Crippen LogP contribution in [-0.4, -0.2) is 11.4 Å². The number of halogens is 1. The van der Waals surface area contributed by atoms with Crippen molar-refractivity contribution in [2.45, 2.75) is 24.3 Å². The Morgan fingerprint density at radius 2 is 2.19 bits per heavy atom. The van der Waals surface area contributed by atoms with E-state index in [1.165, 1.54) is 0 Å². The Morgan fingerprint density at radius 1 is 1.56 bits per heavy atom. The fourth-order valence-electron chi connectivity index (χ4n) is 1.08. The van der Waals surface area contributed by atoms with Crippen LogP contribution in [0.3, 0.4) is 0 Å². The summed E-state index contributed by atoms with van der Waals surface area (Å²) in [5.74, 6) is 2.28. The lowest BCUT2D eigenvalue weighted by Gasteiger charge is -2.20. The summed E-state index contributed by atoms with van der Waals surface area (Å²) in [6.45, 7) is 3.53. The van der Waals surface area contributed by atoms with Crippen LogP contribution in [0.1, 0.15) is 24.2 Å². The molecule has 0 atom stereocenters. The third-order valence-electron chi connectivity index (χ3n) is 1.99. The Morgan fingerprint density at radius 3 is 2.69 bits per heavy atom. The molecule has 0 bridgehead atoms. The lowest BCUT2D eigenvalue weighted by atomic mass is 10.1. The number of carbonyl (C=O) groups excluding carboxylic acids is 1. The van der Waals surface area contributed by atoms with Crippen molar-refractivity contribution in [3.05, 3.63) is 28.2 Å². The van der Waals surface area contributed by atoms with Gasteiger partial charge >= 0.3 is 0 Å². The normalized spacial score (nSPS) is 10.7. The summed E-state index contributed by atoms with van der Waals surface area (Å²) in [6.07, 6.45) is 5.30. The van der Waals surface area contributed by atoms with E-state index in [2.05, 4.69) is 39.8 Å². The van der Waals surface area contributed by atoms with Crippen molar-refractivity contribution in [2.75, 3.05) is 0 Å². The zero-order valence-electron chi connectivity index (χ0n) is 9.04. The number of nitrogens with one attached hydrogen (secondary N) is 1. The first-order chi connectivity index (χ1) is 7.35. The van der Waals surface area contributed by atoms with Gasteiger partial charge in [-0.25, -0.2) is 0 Å². The minimum Gasteiger partial charge on any atom is -0.336 e. The summed E-state index contributed by atoms with van der Waals surface area (Å²) in [7, 11) is 0. The number of hydrogen-bond acceptors (Lipinski definition) is 2. The molecule has 0 unspecified atom stereocenters. The van der Waals surface area contributed by atoms with Gasteiger partial charge in [-0.1, -0.05) is 21.9 Å². The van der Waals surface area contributed by atoms with Gasteiger partial charge in [-0.3, -0.25) is 4.79 Å². The largest absolute Gasteiger partial charge is 0.336 e. The first-order valence-electron chi connectivity index (χ1n) is 4.64. The van der Waals surface area contributed by atoms with Gasteiger partial charge in [0.05, 0.1) is 11.1 Å². The molecule has 0 aliphatic rings. The Balaban J connectivity index is 2.95. The smallest absolute Gasteiger partial charge is 0.253 e. The van der Waals surface area contributed by atoms with E-state index in [-0.39, 0.29) is 5.91 Å². The van der Waals surface area contributed by atoms with Crippen LogP contribution in [0.5, 0.6) is 0 Å². The number of terminal acetylenes is 1. The minimum atomic E-state index is -0.662. The maximum Gasteiger partial charge on any atom is 0.253 e. The van der Waals surface area contributed by atoms with Gasteiger partial charge in [0.15, 0.2) is 0 Å². The molecule has 0 spiro atoms. The molecular weight excluding hydrogens is 286 g/mol. The average Bonchev–Trinajstić information content (AvgIpc) is 2.16. The van der Waals surface area contributed by atoms with Crippen molar-refractivity contribution in [3.63, 3.8) is 0 Å². The number of thiol groups is 1. The third-order valence-corrected chi connectivity index (χ3v) is 2.85. The molecule has 84 valence electrons. The standard InChI is InChI=1S/C12H12BrNOS/c1-4-12(2,3)14-11(15)9-6-5-8(13)7-10(9)16/h1,5-7,16H,2-3H3,(H,14,15). The number of hydrogen-bond donors (Lipinski definition) is 2. The van der Waals surface area contributed by atoms with E-state index in [0.29, 0.717) is 10.5 Å². The molecule has 1 N–H and O–H groups in total. The van der Waals surface area contributed by atoms with Gasteiger partial charge < -0.3 is 5.32 Å². The lowest BCUT2D eigenvalue weighted by molar-refractivity contribution is 0.0927. The van der Waals surface area contributed by atoms with Crippen molar-refractivity contribution in [1.29, 1.82) is 0 Å². The zero-order valence-corrected chi connectivity index (χ0v) is 11.5. The van der Waals surface area contributed by atoms with E-state index in [4.69, 9.17) is 6.42 Å². The van der Waals surface area contributed by atoms with Crippen LogP contribution in [0, 0.1) is 12.3 Å². The molecule has 0 aromatic heterocycles. The molecule has 4 heteroatoms. The van der Waals surface area contributed by atoms with Gasteiger partial charge in [0.1, 0.15) is 0 Å². The van der Waals surface area contributed by atoms with E-state index in [0.717, 1.165) is 4.47 Å². The number of rotatable bonds is 2. The van der Waals surface area contributed by atoms with Crippen molar-refractivity contribution in [2.24, 2.45) is 0 Å². The van der Waals surface area contributed by atoms with E-state index in [1.54, 1.807) is 32.0 Å². The lowest BCUT2D eigenvalue weighted by Crippen LogP contribution is -2.42. The Kier molecular flexibility index (Phi) is 4.06. The fourth-order valence-corrected chi connectivity index (χ4v) is 1.94. The number of amides is 1. The second-order valence-corrected chi connectivity index (χ2v) is 5.28. The first kappa shape index (κ1) is 13.1. The molecule has 1 rings (SSSR count). The minimum absolute atomic E-state index is 0.222. The summed E-state index contributed by atoms with van der Waals surface area (Å²) in [5, 5.41) is 2.74. The second-order valence-electron chi connectivity index (χ2n) is 3.88. The predicted octanol–water partition coefficient (Wildman–Crippen LogP) is 2.88. The van der Waals surface area contributed by atoms with Crippen molar-refractivity contribution >= 4 is 34.5 Å². The van der Waals surface area contributed by atoms with Gasteiger partial charge in [-0.05, 0) is 32.0 Å². The number of carbonyl (C=O) groups is 1. The molecule has 0 heterocycles. The predicted molar refractivity (Wildman–Crippen MR) is 71.8 cm³/mol. The summed E-state index contributed by atoms with van der Waals surface area (Å²) in [4.78, 5) is 12.5. The Labute approximate surface area is 109 Å². The molecule has 0 saturated carbocycles. The maximum atomic E-state index is 11.9. The molecule has 0 aliphatic carbocycles. The van der Waals surface area contributed by atoms with E-state index in [9.17, 15) is 4.79 Å². The van der Waals surface area contributed by atoms with Crippen LogP contribution >= 0.6 is 28.6 Å². The second kappa shape index (κ2) is 4.94. The van der Waals surface area contributed by atoms with Crippen LogP contribution in [0.25, 0.3) is 0 Å². The molecule has 0 radical (unpaired) electrons. The summed E-state index contributed by atoms with van der Waals surface area (Å²) < 4.78 is 0.880. The highest BCUT2D eigenvalue weighted by Gasteiger charge is 2.19. The van der Waals surface area contributed by atoms with Gasteiger partial charge in [0.2, 0.25) is 0 Å². The topological polar surface area (TPSA) is 29.1 Å². The molecular formula is C12H12BrNOS. The van der Waals surface area contributed by atoms with Crippen LogP contribution in [-0.2, 0) is 0 Å². The van der Waals surface area contributed by atoms with E-state index in [1.807, 2.05) is 0 Å². The number of benzene rings is 1. The molecule has 1 amide bonds. The Bertz CT molecular complexity index is 463. The molecule has 0 fully saturated rings. The van der Waals surface area contributed by atoms with Crippen LogP contribution in [0.15, 0.2) is 27.6 Å². The molecule has 2 nitrogen and oxygen atoms in total. The van der Waals surface area contributed by atoms with E-state index < -0.39 is 5.54 Å². The third kappa shape index (κ3) is 3.29. The van der Waals surface area contributed by atoms with Crippen molar-refractivity contribution in [3.8, 4) is 12.3 Å². The molecule has 1 aromatic rings. The summed E-state index contributed by atoms with van der Waals surface area (Å²) in [5.41, 5.74) is -0.153. The maximum absolute atomic E-state index is 11.9. The van der Waals surface area contributed by atoms with Gasteiger partial charge in [0.25, 0.3) is 5.91 Å². The van der Waals surface area contributed by atoms with Gasteiger partial charge in [-0.15, -0.1) is 19.1 Å². The van der Waals surface area contributed by atoms with E-state index >= 15 is 0 Å². The summed E-state index contributed by atoms with van der Waals surface area (Å²) >= 11 is 7.55. The van der Waals surface area contributed by atoms with Gasteiger partial charge in [-0.2, -0.15) is 0 Å². The molecule has 0 saturated heterocycles. The fraction of sp³-hybridized carbons (Fsp3) is 0.250. The molecule has 16 heavy (non-hydrogen) atoms. The average molecular weight is 298 g/mol. The SMILES string of the molecule is C#CC(C)(C)NC(=O)c1ccc(Br)cc1S. The zero-order chi connectivity index (χ0) is 12.3. The Hall–Kier alpha value is -0.920. The van der Waals surface area contributed by atoms with Gasteiger partial charge in [0, 0.05) is 9.37 Å². The van der Waals surface area contributed by atoms with Crippen LogP contribution < -0.4 is 5.32 Å². The molecule has 1 aromatic carbocycles. The summed E-state index contributed by atoms with van der Waals surface area (Å²) in [6, 6.07) is 5.26. The molecule has 0 aliphatic heterocycles. The van der Waals surface area contributed by atoms with Crippen molar-refractivity contribution < 1.29 is 4.79 Å². The first-order valence-corrected chi connectivity index (χ1v) is 5.88. The highest BCUT2D eigenvalue weighted by molar-refractivity contribution is 9.10. The highest BCUT2D eigenvalue weighted by atomic mass is 79.9. The quantitative estimate of drug-likeness (QED) is 0.638. The van der Waals surface area contributed by atoms with Crippen LogP contribution in [0.2, 0.25) is 0 Å². The van der Waals surface area contributed by atoms with Crippen molar-refractivity contribution in [1.82, 2.24) is 5.32 Å². The monoisotopic (exact) mass is 297 g/mol. The highest BCUT2D eigenvalue weighted by Crippen LogP contribution is 2.20.